The quantitative estimate of drug-likeness (QED) is 0.370. The van der Waals surface area contributed by atoms with Crippen molar-refractivity contribution in [1.29, 1.82) is 0 Å². The Morgan fingerprint density at radius 2 is 1.73 bits per heavy atom. The molecule has 0 radical (unpaired) electrons. The summed E-state index contributed by atoms with van der Waals surface area (Å²) in [6.07, 6.45) is 0.204. The lowest BCUT2D eigenvalue weighted by molar-refractivity contribution is -0.141. The predicted molar refractivity (Wildman–Crippen MR) is 133 cm³/mol. The largest absolute Gasteiger partial charge is 0.433 e. The van der Waals surface area contributed by atoms with E-state index in [0.29, 0.717) is 16.8 Å². The van der Waals surface area contributed by atoms with Crippen molar-refractivity contribution in [1.82, 2.24) is 4.98 Å². The van der Waals surface area contributed by atoms with Crippen LogP contribution in [0.3, 0.4) is 0 Å². The van der Waals surface area contributed by atoms with Crippen LogP contribution in [0.15, 0.2) is 66.9 Å². The average Bonchev–Trinajstić information content (AvgIpc) is 2.87. The molecule has 0 N–H and O–H groups in total. The second-order valence-electron chi connectivity index (χ2n) is 9.04. The summed E-state index contributed by atoms with van der Waals surface area (Å²) in [5.41, 5.74) is 2.79. The molecule has 0 saturated heterocycles. The lowest BCUT2D eigenvalue weighted by atomic mass is 9.91. The number of alkyl halides is 3. The maximum absolute atomic E-state index is 13.9. The fourth-order valence-electron chi connectivity index (χ4n) is 4.42. The Labute approximate surface area is 214 Å². The Balaban J connectivity index is 1.68. The lowest BCUT2D eigenvalue weighted by Crippen LogP contribution is -2.38. The number of amides is 1. The summed E-state index contributed by atoms with van der Waals surface area (Å²) in [5.74, 6) is -0.591. The van der Waals surface area contributed by atoms with E-state index < -0.39 is 34.0 Å². The third kappa shape index (κ3) is 6.95. The number of aryl methyl sites for hydroxylation is 2. The SMILES string of the molecule is CS(=O)(=O)OC(C(=O)N(CCc1ccc(C(F)(F)F)nc1)c1ccc2c(c1)CCCC2)c1ccccc1. The predicted octanol–water partition coefficient (Wildman–Crippen LogP) is 5.27. The third-order valence-corrected chi connectivity index (χ3v) is 6.79. The molecule has 0 spiro atoms. The first-order valence-corrected chi connectivity index (χ1v) is 13.7. The van der Waals surface area contributed by atoms with E-state index in [1.54, 1.807) is 30.3 Å². The van der Waals surface area contributed by atoms with E-state index >= 15 is 0 Å². The van der Waals surface area contributed by atoms with Gasteiger partial charge in [0.2, 0.25) is 0 Å². The molecule has 1 aromatic heterocycles. The number of aromatic nitrogens is 1. The first-order valence-electron chi connectivity index (χ1n) is 11.9. The molecular formula is C27H27F3N2O4S. The van der Waals surface area contributed by atoms with Crippen molar-refractivity contribution in [3.63, 3.8) is 0 Å². The Bertz CT molecular complexity index is 1340. The van der Waals surface area contributed by atoms with E-state index in [1.807, 2.05) is 18.2 Å². The van der Waals surface area contributed by atoms with Gasteiger partial charge in [0.05, 0.1) is 6.26 Å². The van der Waals surface area contributed by atoms with Crippen molar-refractivity contribution >= 4 is 21.7 Å². The van der Waals surface area contributed by atoms with Gasteiger partial charge in [-0.15, -0.1) is 0 Å². The fraction of sp³-hybridized carbons (Fsp3) is 0.333. The van der Waals surface area contributed by atoms with Crippen molar-refractivity contribution in [3.8, 4) is 0 Å². The van der Waals surface area contributed by atoms with Gasteiger partial charge in [0.25, 0.3) is 16.0 Å². The van der Waals surface area contributed by atoms with Crippen LogP contribution in [-0.2, 0) is 44.5 Å². The molecule has 1 amide bonds. The number of carbonyl (C=O) groups is 1. The molecule has 0 fully saturated rings. The number of hydrogen-bond donors (Lipinski definition) is 0. The first kappa shape index (κ1) is 26.8. The number of benzene rings is 2. The number of rotatable bonds is 8. The molecule has 6 nitrogen and oxygen atoms in total. The second-order valence-corrected chi connectivity index (χ2v) is 10.6. The number of nitrogens with zero attached hydrogens (tertiary/aromatic N) is 2. The van der Waals surface area contributed by atoms with Gasteiger partial charge < -0.3 is 4.90 Å². The second kappa shape index (κ2) is 11.0. The van der Waals surface area contributed by atoms with E-state index in [4.69, 9.17) is 4.18 Å². The van der Waals surface area contributed by atoms with Gasteiger partial charge in [0.15, 0.2) is 6.10 Å². The Morgan fingerprint density at radius 3 is 2.35 bits per heavy atom. The minimum absolute atomic E-state index is 0.0844. The highest BCUT2D eigenvalue weighted by Crippen LogP contribution is 2.31. The van der Waals surface area contributed by atoms with Crippen LogP contribution >= 0.6 is 0 Å². The normalized spacial score (nSPS) is 14.6. The number of halogens is 3. The molecule has 1 aliphatic rings. The molecule has 2 aromatic carbocycles. The number of hydrogen-bond acceptors (Lipinski definition) is 5. The standard InChI is InChI=1S/C27H27F3N2O4S/c1-37(34,35)36-25(21-8-3-2-4-9-21)26(33)32(23-13-12-20-7-5-6-10-22(20)17-23)16-15-19-11-14-24(31-18-19)27(28,29)30/h2-4,8-9,11-14,17-18,25H,5-7,10,15-16H2,1H3. The van der Waals surface area contributed by atoms with Gasteiger partial charge in [0, 0.05) is 18.4 Å². The highest BCUT2D eigenvalue weighted by molar-refractivity contribution is 7.86. The number of pyridine rings is 1. The van der Waals surface area contributed by atoms with Crippen molar-refractivity contribution in [2.24, 2.45) is 0 Å². The third-order valence-electron chi connectivity index (χ3n) is 6.25. The maximum Gasteiger partial charge on any atom is 0.433 e. The first-order chi connectivity index (χ1) is 17.5. The van der Waals surface area contributed by atoms with Crippen LogP contribution in [0.4, 0.5) is 18.9 Å². The van der Waals surface area contributed by atoms with Crippen molar-refractivity contribution in [2.45, 2.75) is 44.4 Å². The van der Waals surface area contributed by atoms with Crippen LogP contribution in [0, 0.1) is 0 Å². The fourth-order valence-corrected chi connectivity index (χ4v) is 4.96. The zero-order chi connectivity index (χ0) is 26.6. The maximum atomic E-state index is 13.9. The molecule has 37 heavy (non-hydrogen) atoms. The number of carbonyl (C=O) groups excluding carboxylic acids is 1. The number of anilines is 1. The summed E-state index contributed by atoms with van der Waals surface area (Å²) in [6, 6.07) is 16.3. The molecule has 1 heterocycles. The molecule has 196 valence electrons. The van der Waals surface area contributed by atoms with E-state index in [-0.39, 0.29) is 13.0 Å². The molecule has 1 atom stereocenters. The minimum Gasteiger partial charge on any atom is -0.309 e. The minimum atomic E-state index is -4.55. The van der Waals surface area contributed by atoms with Gasteiger partial charge in [-0.2, -0.15) is 21.6 Å². The van der Waals surface area contributed by atoms with Crippen LogP contribution in [0.2, 0.25) is 0 Å². The van der Waals surface area contributed by atoms with Gasteiger partial charge in [0.1, 0.15) is 5.69 Å². The van der Waals surface area contributed by atoms with E-state index in [9.17, 15) is 26.4 Å². The van der Waals surface area contributed by atoms with Gasteiger partial charge in [-0.1, -0.05) is 42.5 Å². The molecule has 0 aliphatic heterocycles. The molecular weight excluding hydrogens is 505 g/mol. The van der Waals surface area contributed by atoms with Gasteiger partial charge >= 0.3 is 6.18 Å². The van der Waals surface area contributed by atoms with Crippen molar-refractivity contribution < 1.29 is 30.6 Å². The summed E-state index contributed by atoms with van der Waals surface area (Å²) in [7, 11) is -4.00. The van der Waals surface area contributed by atoms with Gasteiger partial charge in [-0.05, 0) is 72.6 Å². The van der Waals surface area contributed by atoms with Gasteiger partial charge in [-0.25, -0.2) is 0 Å². The van der Waals surface area contributed by atoms with Crippen LogP contribution in [0.25, 0.3) is 0 Å². The number of fused-ring (bicyclic) bond motifs is 1. The van der Waals surface area contributed by atoms with E-state index in [2.05, 4.69) is 4.98 Å². The Kier molecular flexibility index (Phi) is 7.99. The molecule has 0 bridgehead atoms. The highest BCUT2D eigenvalue weighted by Gasteiger charge is 2.33. The molecule has 1 aliphatic carbocycles. The highest BCUT2D eigenvalue weighted by atomic mass is 32.2. The van der Waals surface area contributed by atoms with Crippen molar-refractivity contribution in [2.75, 3.05) is 17.7 Å². The smallest absolute Gasteiger partial charge is 0.309 e. The van der Waals surface area contributed by atoms with Crippen LogP contribution < -0.4 is 4.90 Å². The van der Waals surface area contributed by atoms with Gasteiger partial charge in [-0.3, -0.25) is 14.0 Å². The molecule has 4 rings (SSSR count). The summed E-state index contributed by atoms with van der Waals surface area (Å²) in [6.45, 7) is 0.0844. The van der Waals surface area contributed by atoms with Crippen molar-refractivity contribution in [3.05, 3.63) is 94.8 Å². The summed E-state index contributed by atoms with van der Waals surface area (Å²) in [5, 5.41) is 0. The topological polar surface area (TPSA) is 76.6 Å². The molecule has 1 unspecified atom stereocenters. The van der Waals surface area contributed by atoms with Crippen LogP contribution in [0.1, 0.15) is 46.9 Å². The monoisotopic (exact) mass is 532 g/mol. The summed E-state index contributed by atoms with van der Waals surface area (Å²) < 4.78 is 68.1. The van der Waals surface area contributed by atoms with Crippen LogP contribution in [0.5, 0.6) is 0 Å². The zero-order valence-corrected chi connectivity index (χ0v) is 21.1. The van der Waals surface area contributed by atoms with E-state index in [1.165, 1.54) is 16.5 Å². The van der Waals surface area contributed by atoms with Crippen LogP contribution in [-0.4, -0.2) is 32.1 Å². The average molecular weight is 533 g/mol. The Hall–Kier alpha value is -3.24. The molecule has 3 aromatic rings. The molecule has 0 saturated carbocycles. The lowest BCUT2D eigenvalue weighted by Gasteiger charge is -2.29. The summed E-state index contributed by atoms with van der Waals surface area (Å²) >= 11 is 0. The zero-order valence-electron chi connectivity index (χ0n) is 20.2. The molecule has 10 heteroatoms. The Morgan fingerprint density at radius 1 is 1.03 bits per heavy atom. The van der Waals surface area contributed by atoms with E-state index in [0.717, 1.165) is 49.8 Å². The summed E-state index contributed by atoms with van der Waals surface area (Å²) in [4.78, 5) is 18.8.